The van der Waals surface area contributed by atoms with Crippen LogP contribution in [0.15, 0.2) is 12.3 Å². The molecule has 0 spiro atoms. The molecule has 0 aromatic carbocycles. The fraction of sp³-hybridized carbons (Fsp3) is 0.222. The Morgan fingerprint density at radius 3 is 3.06 bits per heavy atom. The molecule has 4 N–H and O–H groups in total. The zero-order valence-electron chi connectivity index (χ0n) is 9.38. The molecule has 0 bridgehead atoms. The minimum Gasteiger partial charge on any atom is -0.381 e. The molecule has 0 saturated heterocycles. The number of rotatable bonds is 3. The van der Waals surface area contributed by atoms with Crippen LogP contribution in [0.25, 0.3) is 0 Å². The van der Waals surface area contributed by atoms with Crippen molar-refractivity contribution in [2.45, 2.75) is 13.0 Å². The Hall–Kier alpha value is -2.58. The molecule has 0 aliphatic heterocycles. The van der Waals surface area contributed by atoms with E-state index >= 15 is 0 Å². The average Bonchev–Trinajstić information content (AvgIpc) is 2.86. The summed E-state index contributed by atoms with van der Waals surface area (Å²) >= 11 is 0. The van der Waals surface area contributed by atoms with Crippen LogP contribution in [-0.2, 0) is 0 Å². The third-order valence-corrected chi connectivity index (χ3v) is 2.26. The summed E-state index contributed by atoms with van der Waals surface area (Å²) in [6.07, 6.45) is 1.26. The van der Waals surface area contributed by atoms with E-state index in [2.05, 4.69) is 30.9 Å². The molecular formula is C9H10FN7O. The van der Waals surface area contributed by atoms with Gasteiger partial charge in [-0.1, -0.05) is 5.21 Å². The number of carbonyl (C=O) groups is 1. The van der Waals surface area contributed by atoms with Gasteiger partial charge in [0.2, 0.25) is 0 Å². The first kappa shape index (κ1) is 11.9. The maximum atomic E-state index is 13.5. The Balaban J connectivity index is 2.15. The molecule has 1 atom stereocenters. The SMILES string of the molecule is CC(NC(=O)c1ccnc(N)c1F)c1nn[nH]n1. The first-order chi connectivity index (χ1) is 8.59. The highest BCUT2D eigenvalue weighted by molar-refractivity contribution is 5.95. The summed E-state index contributed by atoms with van der Waals surface area (Å²) in [7, 11) is 0. The molecule has 2 aromatic heterocycles. The fourth-order valence-electron chi connectivity index (χ4n) is 1.33. The molecule has 9 heteroatoms. The van der Waals surface area contributed by atoms with Gasteiger partial charge < -0.3 is 11.1 Å². The molecule has 1 amide bonds. The molecular weight excluding hydrogens is 241 g/mol. The number of hydrogen-bond donors (Lipinski definition) is 3. The van der Waals surface area contributed by atoms with Crippen molar-refractivity contribution in [1.82, 2.24) is 30.9 Å². The second kappa shape index (κ2) is 4.73. The maximum absolute atomic E-state index is 13.5. The zero-order valence-corrected chi connectivity index (χ0v) is 9.38. The van der Waals surface area contributed by atoms with Gasteiger partial charge in [-0.15, -0.1) is 10.2 Å². The number of anilines is 1. The largest absolute Gasteiger partial charge is 0.381 e. The Morgan fingerprint density at radius 2 is 2.39 bits per heavy atom. The normalized spacial score (nSPS) is 12.1. The first-order valence-corrected chi connectivity index (χ1v) is 5.03. The highest BCUT2D eigenvalue weighted by Gasteiger charge is 2.18. The number of nitrogens with one attached hydrogen (secondary N) is 2. The molecule has 2 aromatic rings. The van der Waals surface area contributed by atoms with Crippen LogP contribution >= 0.6 is 0 Å². The molecule has 94 valence electrons. The number of pyridine rings is 1. The molecule has 0 fully saturated rings. The van der Waals surface area contributed by atoms with E-state index in [1.54, 1.807) is 6.92 Å². The predicted molar refractivity (Wildman–Crippen MR) is 58.7 cm³/mol. The van der Waals surface area contributed by atoms with E-state index in [1.165, 1.54) is 12.3 Å². The molecule has 2 rings (SSSR count). The van der Waals surface area contributed by atoms with Crippen LogP contribution in [-0.4, -0.2) is 31.5 Å². The number of nitrogen functional groups attached to an aromatic ring is 1. The third-order valence-electron chi connectivity index (χ3n) is 2.26. The standard InChI is InChI=1S/C9H10FN7O/c1-4(8-14-16-17-15-8)13-9(18)5-2-3-12-7(11)6(5)10/h2-4H,1H3,(H2,11,12)(H,13,18)(H,14,15,16,17). The number of halogens is 1. The molecule has 1 unspecified atom stereocenters. The van der Waals surface area contributed by atoms with Crippen LogP contribution in [0, 0.1) is 5.82 Å². The zero-order chi connectivity index (χ0) is 13.1. The van der Waals surface area contributed by atoms with Gasteiger partial charge in [0.25, 0.3) is 5.91 Å². The van der Waals surface area contributed by atoms with Crippen molar-refractivity contribution in [1.29, 1.82) is 0 Å². The van der Waals surface area contributed by atoms with Crippen molar-refractivity contribution in [2.75, 3.05) is 5.73 Å². The first-order valence-electron chi connectivity index (χ1n) is 5.03. The molecule has 18 heavy (non-hydrogen) atoms. The number of H-pyrrole nitrogens is 1. The number of amides is 1. The lowest BCUT2D eigenvalue weighted by atomic mass is 10.2. The molecule has 0 aliphatic rings. The lowest BCUT2D eigenvalue weighted by Crippen LogP contribution is -2.28. The Morgan fingerprint density at radius 1 is 1.61 bits per heavy atom. The van der Waals surface area contributed by atoms with Gasteiger partial charge in [-0.05, 0) is 13.0 Å². The van der Waals surface area contributed by atoms with Crippen LogP contribution in [0.2, 0.25) is 0 Å². The number of aromatic nitrogens is 5. The van der Waals surface area contributed by atoms with E-state index in [9.17, 15) is 9.18 Å². The van der Waals surface area contributed by atoms with Crippen LogP contribution in [0.5, 0.6) is 0 Å². The van der Waals surface area contributed by atoms with Gasteiger partial charge in [-0.25, -0.2) is 9.37 Å². The number of nitrogens with two attached hydrogens (primary N) is 1. The predicted octanol–water partition coefficient (Wildman–Crippen LogP) is -0.193. The van der Waals surface area contributed by atoms with Gasteiger partial charge in [-0.3, -0.25) is 4.79 Å². The number of carbonyl (C=O) groups excluding carboxylic acids is 1. The van der Waals surface area contributed by atoms with E-state index in [1.807, 2.05) is 0 Å². The molecule has 0 aliphatic carbocycles. The Kier molecular flexibility index (Phi) is 3.13. The minimum atomic E-state index is -0.852. The number of hydrogen-bond acceptors (Lipinski definition) is 6. The highest BCUT2D eigenvalue weighted by atomic mass is 19.1. The van der Waals surface area contributed by atoms with E-state index in [0.29, 0.717) is 5.82 Å². The van der Waals surface area contributed by atoms with E-state index < -0.39 is 17.8 Å². The van der Waals surface area contributed by atoms with Crippen LogP contribution in [0.4, 0.5) is 10.2 Å². The Labute approximate surface area is 101 Å². The number of tetrazole rings is 1. The summed E-state index contributed by atoms with van der Waals surface area (Å²) in [5.41, 5.74) is 5.10. The van der Waals surface area contributed by atoms with Crippen molar-refractivity contribution in [3.63, 3.8) is 0 Å². The smallest absolute Gasteiger partial charge is 0.255 e. The minimum absolute atomic E-state index is 0.183. The molecule has 0 radical (unpaired) electrons. The number of nitrogens with zero attached hydrogens (tertiary/aromatic N) is 4. The van der Waals surface area contributed by atoms with Crippen LogP contribution < -0.4 is 11.1 Å². The van der Waals surface area contributed by atoms with Gasteiger partial charge in [0, 0.05) is 6.20 Å². The third kappa shape index (κ3) is 2.24. The van der Waals surface area contributed by atoms with Crippen molar-refractivity contribution in [3.05, 3.63) is 29.5 Å². The van der Waals surface area contributed by atoms with E-state index in [4.69, 9.17) is 5.73 Å². The lowest BCUT2D eigenvalue weighted by molar-refractivity contribution is 0.0934. The summed E-state index contributed by atoms with van der Waals surface area (Å²) < 4.78 is 13.5. The summed E-state index contributed by atoms with van der Waals surface area (Å²) in [6.45, 7) is 1.64. The van der Waals surface area contributed by atoms with Crippen molar-refractivity contribution < 1.29 is 9.18 Å². The van der Waals surface area contributed by atoms with Crippen molar-refractivity contribution in [3.8, 4) is 0 Å². The average molecular weight is 251 g/mol. The molecule has 2 heterocycles. The molecule has 0 saturated carbocycles. The second-order valence-electron chi connectivity index (χ2n) is 3.52. The van der Waals surface area contributed by atoms with Gasteiger partial charge in [0.05, 0.1) is 11.6 Å². The van der Waals surface area contributed by atoms with Gasteiger partial charge in [-0.2, -0.15) is 5.21 Å². The van der Waals surface area contributed by atoms with Crippen LogP contribution in [0.3, 0.4) is 0 Å². The quantitative estimate of drug-likeness (QED) is 0.694. The lowest BCUT2D eigenvalue weighted by Gasteiger charge is -2.10. The summed E-state index contributed by atoms with van der Waals surface area (Å²) in [5.74, 6) is -1.50. The van der Waals surface area contributed by atoms with E-state index in [0.717, 1.165) is 0 Å². The monoisotopic (exact) mass is 251 g/mol. The second-order valence-corrected chi connectivity index (χ2v) is 3.52. The summed E-state index contributed by atoms with van der Waals surface area (Å²) in [6, 6.07) is 0.731. The Bertz CT molecular complexity index is 556. The summed E-state index contributed by atoms with van der Waals surface area (Å²) in [4.78, 5) is 15.3. The van der Waals surface area contributed by atoms with Gasteiger partial charge in [0.1, 0.15) is 0 Å². The van der Waals surface area contributed by atoms with Crippen LogP contribution in [0.1, 0.15) is 29.1 Å². The maximum Gasteiger partial charge on any atom is 0.255 e. The number of aromatic amines is 1. The fourth-order valence-corrected chi connectivity index (χ4v) is 1.33. The van der Waals surface area contributed by atoms with E-state index in [-0.39, 0.29) is 11.4 Å². The van der Waals surface area contributed by atoms with Crippen molar-refractivity contribution in [2.24, 2.45) is 0 Å². The highest BCUT2D eigenvalue weighted by Crippen LogP contribution is 2.13. The topological polar surface area (TPSA) is 122 Å². The summed E-state index contributed by atoms with van der Waals surface area (Å²) in [5, 5.41) is 15.6. The van der Waals surface area contributed by atoms with Gasteiger partial charge in [0.15, 0.2) is 17.5 Å². The van der Waals surface area contributed by atoms with Gasteiger partial charge >= 0.3 is 0 Å². The molecule has 8 nitrogen and oxygen atoms in total. The van der Waals surface area contributed by atoms with Crippen molar-refractivity contribution >= 4 is 11.7 Å².